The fourth-order valence-electron chi connectivity index (χ4n) is 2.07. The van der Waals surface area contributed by atoms with Crippen LogP contribution in [0.4, 0.5) is 5.69 Å². The summed E-state index contributed by atoms with van der Waals surface area (Å²) < 4.78 is 4.99. The van der Waals surface area contributed by atoms with Crippen LogP contribution in [-0.2, 0) is 14.3 Å². The van der Waals surface area contributed by atoms with Crippen LogP contribution in [0.1, 0.15) is 44.5 Å². The Bertz CT molecular complexity index is 623. The first-order chi connectivity index (χ1) is 11.4. The minimum Gasteiger partial charge on any atom is -0.465 e. The van der Waals surface area contributed by atoms with E-state index in [1.54, 1.807) is 38.1 Å². The van der Waals surface area contributed by atoms with Gasteiger partial charge in [0.1, 0.15) is 0 Å². The zero-order chi connectivity index (χ0) is 18.1. The van der Waals surface area contributed by atoms with Crippen molar-refractivity contribution >= 4 is 29.2 Å². The molecule has 0 aliphatic rings. The van der Waals surface area contributed by atoms with Crippen LogP contribution in [0.15, 0.2) is 29.4 Å². The summed E-state index contributed by atoms with van der Waals surface area (Å²) >= 11 is 0. The number of hydrazone groups is 1. The SMILES string of the molecule is CCOC(=O)[C@@H](CC)/C(C)=N\NC(=O)c1ccc(NC(C)=O)cc1. The molecule has 1 rings (SSSR count). The molecular formula is C17H23N3O4. The maximum Gasteiger partial charge on any atom is 0.314 e. The second-order valence-corrected chi connectivity index (χ2v) is 5.17. The molecule has 1 atom stereocenters. The van der Waals surface area contributed by atoms with Crippen molar-refractivity contribution in [1.29, 1.82) is 0 Å². The number of nitrogens with zero attached hydrogens (tertiary/aromatic N) is 1. The number of rotatable bonds is 7. The first-order valence-electron chi connectivity index (χ1n) is 7.77. The lowest BCUT2D eigenvalue weighted by molar-refractivity contribution is -0.145. The molecule has 0 heterocycles. The topological polar surface area (TPSA) is 96.9 Å². The third-order valence-corrected chi connectivity index (χ3v) is 3.28. The highest BCUT2D eigenvalue weighted by Gasteiger charge is 2.21. The molecule has 1 aromatic rings. The molecule has 0 unspecified atom stereocenters. The number of carbonyl (C=O) groups excluding carboxylic acids is 3. The average molecular weight is 333 g/mol. The zero-order valence-electron chi connectivity index (χ0n) is 14.4. The highest BCUT2D eigenvalue weighted by Crippen LogP contribution is 2.10. The Morgan fingerprint density at radius 2 is 1.75 bits per heavy atom. The number of benzene rings is 1. The molecule has 0 saturated carbocycles. The number of amides is 2. The lowest BCUT2D eigenvalue weighted by Gasteiger charge is -2.13. The first-order valence-corrected chi connectivity index (χ1v) is 7.77. The van der Waals surface area contributed by atoms with Crippen molar-refractivity contribution in [3.63, 3.8) is 0 Å². The van der Waals surface area contributed by atoms with Gasteiger partial charge in [0, 0.05) is 23.9 Å². The normalized spacial score (nSPS) is 12.2. The van der Waals surface area contributed by atoms with Gasteiger partial charge in [-0.2, -0.15) is 5.10 Å². The number of hydrogen-bond donors (Lipinski definition) is 2. The number of esters is 1. The van der Waals surface area contributed by atoms with E-state index in [9.17, 15) is 14.4 Å². The molecule has 1 aromatic carbocycles. The van der Waals surface area contributed by atoms with Gasteiger partial charge in [0.15, 0.2) is 0 Å². The smallest absolute Gasteiger partial charge is 0.314 e. The molecule has 7 nitrogen and oxygen atoms in total. The van der Waals surface area contributed by atoms with E-state index in [4.69, 9.17) is 4.74 Å². The van der Waals surface area contributed by atoms with E-state index in [-0.39, 0.29) is 11.9 Å². The van der Waals surface area contributed by atoms with Gasteiger partial charge in [-0.3, -0.25) is 14.4 Å². The van der Waals surface area contributed by atoms with Gasteiger partial charge in [-0.15, -0.1) is 0 Å². The van der Waals surface area contributed by atoms with Crippen molar-refractivity contribution in [2.45, 2.75) is 34.1 Å². The van der Waals surface area contributed by atoms with E-state index in [1.165, 1.54) is 6.92 Å². The second kappa shape index (κ2) is 9.44. The van der Waals surface area contributed by atoms with Gasteiger partial charge in [-0.1, -0.05) is 6.92 Å². The van der Waals surface area contributed by atoms with Gasteiger partial charge in [0.25, 0.3) is 5.91 Å². The Morgan fingerprint density at radius 1 is 1.12 bits per heavy atom. The lowest BCUT2D eigenvalue weighted by Crippen LogP contribution is -2.27. The molecule has 0 spiro atoms. The maximum absolute atomic E-state index is 12.1. The standard InChI is InChI=1S/C17H23N3O4/c1-5-15(17(23)24-6-2)11(3)19-20-16(22)13-7-9-14(10-8-13)18-12(4)21/h7-10,15H,5-6H2,1-4H3,(H,18,21)(H,20,22)/b19-11-/t15-/m0/s1. The van der Waals surface area contributed by atoms with E-state index in [0.29, 0.717) is 30.0 Å². The maximum atomic E-state index is 12.1. The Hall–Kier alpha value is -2.70. The second-order valence-electron chi connectivity index (χ2n) is 5.17. The fraction of sp³-hybridized carbons (Fsp3) is 0.412. The van der Waals surface area contributed by atoms with E-state index in [2.05, 4.69) is 15.8 Å². The third kappa shape index (κ3) is 5.83. The first kappa shape index (κ1) is 19.3. The summed E-state index contributed by atoms with van der Waals surface area (Å²) in [6, 6.07) is 6.41. The highest BCUT2D eigenvalue weighted by molar-refractivity contribution is 6.02. The molecule has 0 aliphatic carbocycles. The molecule has 0 aliphatic heterocycles. The molecular weight excluding hydrogens is 310 g/mol. The molecule has 24 heavy (non-hydrogen) atoms. The summed E-state index contributed by atoms with van der Waals surface area (Å²) in [6.07, 6.45) is 0.537. The van der Waals surface area contributed by atoms with Gasteiger partial charge >= 0.3 is 5.97 Å². The average Bonchev–Trinajstić information content (AvgIpc) is 2.53. The molecule has 0 radical (unpaired) electrons. The molecule has 0 bridgehead atoms. The van der Waals surface area contributed by atoms with Crippen LogP contribution in [0.25, 0.3) is 0 Å². The predicted molar refractivity (Wildman–Crippen MR) is 91.7 cm³/mol. The highest BCUT2D eigenvalue weighted by atomic mass is 16.5. The summed E-state index contributed by atoms with van der Waals surface area (Å²) in [5.41, 5.74) is 3.91. The minimum atomic E-state index is -0.479. The molecule has 2 amide bonds. The molecule has 0 saturated heterocycles. The monoisotopic (exact) mass is 333 g/mol. The molecule has 130 valence electrons. The summed E-state index contributed by atoms with van der Waals surface area (Å²) in [5, 5.41) is 6.61. The number of anilines is 1. The van der Waals surface area contributed by atoms with Crippen molar-refractivity contribution in [2.75, 3.05) is 11.9 Å². The van der Waals surface area contributed by atoms with Gasteiger partial charge in [-0.05, 0) is 44.5 Å². The quantitative estimate of drug-likeness (QED) is 0.455. The van der Waals surface area contributed by atoms with E-state index < -0.39 is 11.8 Å². The molecule has 0 aromatic heterocycles. The van der Waals surface area contributed by atoms with Gasteiger partial charge in [-0.25, -0.2) is 5.43 Å². The predicted octanol–water partition coefficient (Wildman–Crippen LogP) is 2.34. The molecule has 0 fully saturated rings. The van der Waals surface area contributed by atoms with Crippen LogP contribution >= 0.6 is 0 Å². The Morgan fingerprint density at radius 3 is 2.25 bits per heavy atom. The van der Waals surface area contributed by atoms with Crippen LogP contribution in [0.5, 0.6) is 0 Å². The van der Waals surface area contributed by atoms with Crippen molar-refractivity contribution in [2.24, 2.45) is 11.0 Å². The molecule has 2 N–H and O–H groups in total. The zero-order valence-corrected chi connectivity index (χ0v) is 14.4. The summed E-state index contributed by atoms with van der Waals surface area (Å²) in [6.45, 7) is 6.97. The van der Waals surface area contributed by atoms with Gasteiger partial charge < -0.3 is 10.1 Å². The Balaban J connectivity index is 2.72. The number of nitrogens with one attached hydrogen (secondary N) is 2. The van der Waals surface area contributed by atoms with Crippen molar-refractivity contribution in [3.05, 3.63) is 29.8 Å². The largest absolute Gasteiger partial charge is 0.465 e. The lowest BCUT2D eigenvalue weighted by atomic mass is 10.0. The third-order valence-electron chi connectivity index (χ3n) is 3.28. The van der Waals surface area contributed by atoms with Crippen LogP contribution < -0.4 is 10.7 Å². The summed E-state index contributed by atoms with van der Waals surface area (Å²) in [4.78, 5) is 34.8. The van der Waals surface area contributed by atoms with Crippen LogP contribution in [0.2, 0.25) is 0 Å². The Labute approximate surface area is 141 Å². The summed E-state index contributed by atoms with van der Waals surface area (Å²) in [5.74, 6) is -1.41. The van der Waals surface area contributed by atoms with E-state index in [1.807, 2.05) is 6.92 Å². The Kier molecular flexibility index (Phi) is 7.61. The number of ether oxygens (including phenoxy) is 1. The van der Waals surface area contributed by atoms with E-state index in [0.717, 1.165) is 0 Å². The van der Waals surface area contributed by atoms with Crippen molar-refractivity contribution < 1.29 is 19.1 Å². The fourth-order valence-corrected chi connectivity index (χ4v) is 2.07. The van der Waals surface area contributed by atoms with Crippen LogP contribution in [-0.4, -0.2) is 30.1 Å². The van der Waals surface area contributed by atoms with Gasteiger partial charge in [0.05, 0.1) is 12.5 Å². The minimum absolute atomic E-state index is 0.183. The van der Waals surface area contributed by atoms with Gasteiger partial charge in [0.2, 0.25) is 5.91 Å². The molecule has 7 heteroatoms. The van der Waals surface area contributed by atoms with Crippen molar-refractivity contribution in [1.82, 2.24) is 5.43 Å². The summed E-state index contributed by atoms with van der Waals surface area (Å²) in [7, 11) is 0. The number of hydrogen-bond acceptors (Lipinski definition) is 5. The van der Waals surface area contributed by atoms with E-state index >= 15 is 0 Å². The van der Waals surface area contributed by atoms with Crippen LogP contribution in [0, 0.1) is 5.92 Å². The van der Waals surface area contributed by atoms with Crippen molar-refractivity contribution in [3.8, 4) is 0 Å². The van der Waals surface area contributed by atoms with Crippen LogP contribution in [0.3, 0.4) is 0 Å². The number of carbonyl (C=O) groups is 3.